The van der Waals surface area contributed by atoms with E-state index >= 15 is 0 Å². The van der Waals surface area contributed by atoms with Crippen LogP contribution in [0.3, 0.4) is 0 Å². The maximum absolute atomic E-state index is 13.4. The fourth-order valence-corrected chi connectivity index (χ4v) is 4.73. The SMILES string of the molecule is Cn1ccc([C@@H]2CCNC[C@H]2NC(=O)N(Cc2ccc3ccccc3c2)C2CC2)cc1=O. The van der Waals surface area contributed by atoms with E-state index < -0.39 is 0 Å². The van der Waals surface area contributed by atoms with E-state index in [0.29, 0.717) is 19.1 Å². The standard InChI is InChI=1S/C26H30N4O2/c1-29-13-11-21(15-25(29)31)23-10-12-27-16-24(23)28-26(32)30(22-8-9-22)17-18-6-7-19-4-2-3-5-20(19)14-18/h2-7,11,13-15,22-24,27H,8-10,12,16-17H2,1H3,(H,28,32)/t23-,24+/m0/s1. The molecule has 1 saturated heterocycles. The van der Waals surface area contributed by atoms with Gasteiger partial charge in [0.05, 0.1) is 0 Å². The molecule has 1 saturated carbocycles. The van der Waals surface area contributed by atoms with Gasteiger partial charge in [0.25, 0.3) is 5.56 Å². The summed E-state index contributed by atoms with van der Waals surface area (Å²) in [5.74, 6) is 0.135. The Kier molecular flexibility index (Phi) is 5.70. The van der Waals surface area contributed by atoms with Gasteiger partial charge < -0.3 is 20.1 Å². The van der Waals surface area contributed by atoms with Crippen LogP contribution in [0.2, 0.25) is 0 Å². The van der Waals surface area contributed by atoms with Gasteiger partial charge in [-0.1, -0.05) is 36.4 Å². The number of aromatic nitrogens is 1. The number of carbonyl (C=O) groups excluding carboxylic acids is 1. The number of nitrogens with one attached hydrogen (secondary N) is 2. The number of carbonyl (C=O) groups is 1. The van der Waals surface area contributed by atoms with Crippen molar-refractivity contribution >= 4 is 16.8 Å². The summed E-state index contributed by atoms with van der Waals surface area (Å²) in [5.41, 5.74) is 2.14. The largest absolute Gasteiger partial charge is 0.333 e. The second-order valence-corrected chi connectivity index (χ2v) is 9.11. The van der Waals surface area contributed by atoms with Gasteiger partial charge in [-0.15, -0.1) is 0 Å². The van der Waals surface area contributed by atoms with E-state index in [2.05, 4.69) is 41.0 Å². The average Bonchev–Trinajstić information content (AvgIpc) is 3.65. The first-order valence-corrected chi connectivity index (χ1v) is 11.5. The predicted octanol–water partition coefficient (Wildman–Crippen LogP) is 3.36. The number of benzene rings is 2. The van der Waals surface area contributed by atoms with Crippen molar-refractivity contribution in [3.05, 3.63) is 82.3 Å². The predicted molar refractivity (Wildman–Crippen MR) is 127 cm³/mol. The molecule has 0 bridgehead atoms. The van der Waals surface area contributed by atoms with Gasteiger partial charge in [0.1, 0.15) is 0 Å². The van der Waals surface area contributed by atoms with Crippen molar-refractivity contribution in [2.75, 3.05) is 13.1 Å². The van der Waals surface area contributed by atoms with Gasteiger partial charge >= 0.3 is 6.03 Å². The van der Waals surface area contributed by atoms with Crippen LogP contribution in [0, 0.1) is 0 Å². The van der Waals surface area contributed by atoms with E-state index in [9.17, 15) is 9.59 Å². The first-order chi connectivity index (χ1) is 15.6. The Hall–Kier alpha value is -3.12. The van der Waals surface area contributed by atoms with Crippen molar-refractivity contribution in [2.45, 2.75) is 43.8 Å². The van der Waals surface area contributed by atoms with Crippen LogP contribution >= 0.6 is 0 Å². The Balaban J connectivity index is 1.33. The zero-order chi connectivity index (χ0) is 22.1. The number of piperidine rings is 1. The van der Waals surface area contributed by atoms with Gasteiger partial charge in [0.15, 0.2) is 0 Å². The molecule has 1 aliphatic heterocycles. The number of amides is 2. The second kappa shape index (κ2) is 8.79. The van der Waals surface area contributed by atoms with E-state index in [1.54, 1.807) is 17.7 Å². The molecular formula is C26H30N4O2. The molecule has 3 aromatic rings. The highest BCUT2D eigenvalue weighted by atomic mass is 16.2. The lowest BCUT2D eigenvalue weighted by Gasteiger charge is -2.35. The molecule has 0 spiro atoms. The third-order valence-electron chi connectivity index (χ3n) is 6.76. The molecule has 6 heteroatoms. The summed E-state index contributed by atoms with van der Waals surface area (Å²) < 4.78 is 1.58. The molecule has 5 rings (SSSR count). The Morgan fingerprint density at radius 3 is 2.69 bits per heavy atom. The second-order valence-electron chi connectivity index (χ2n) is 9.11. The number of fused-ring (bicyclic) bond motifs is 1. The van der Waals surface area contributed by atoms with Crippen LogP contribution in [-0.4, -0.2) is 40.7 Å². The van der Waals surface area contributed by atoms with Gasteiger partial charge in [-0.25, -0.2) is 4.79 Å². The zero-order valence-electron chi connectivity index (χ0n) is 18.5. The molecule has 166 valence electrons. The Bertz CT molecular complexity index is 1180. The third kappa shape index (κ3) is 4.41. The molecule has 6 nitrogen and oxygen atoms in total. The first kappa shape index (κ1) is 20.8. The maximum Gasteiger partial charge on any atom is 0.318 e. The summed E-state index contributed by atoms with van der Waals surface area (Å²) >= 11 is 0. The van der Waals surface area contributed by atoms with Crippen LogP contribution in [-0.2, 0) is 13.6 Å². The number of hydrogen-bond acceptors (Lipinski definition) is 3. The lowest BCUT2D eigenvalue weighted by molar-refractivity contribution is 0.183. The highest BCUT2D eigenvalue weighted by molar-refractivity contribution is 5.83. The molecule has 2 aliphatic rings. The van der Waals surface area contributed by atoms with E-state index in [-0.39, 0.29) is 23.6 Å². The fraction of sp³-hybridized carbons (Fsp3) is 0.385. The Morgan fingerprint density at radius 1 is 1.09 bits per heavy atom. The summed E-state index contributed by atoms with van der Waals surface area (Å²) in [7, 11) is 1.76. The summed E-state index contributed by atoms with van der Waals surface area (Å²) in [6.07, 6.45) is 4.82. The van der Waals surface area contributed by atoms with Crippen LogP contribution in [0.1, 0.15) is 36.3 Å². The minimum Gasteiger partial charge on any atom is -0.333 e. The fourth-order valence-electron chi connectivity index (χ4n) is 4.73. The molecule has 2 aromatic carbocycles. The van der Waals surface area contributed by atoms with E-state index in [0.717, 1.165) is 36.9 Å². The number of nitrogens with zero attached hydrogens (tertiary/aromatic N) is 2. The van der Waals surface area contributed by atoms with Crippen LogP contribution in [0.5, 0.6) is 0 Å². The van der Waals surface area contributed by atoms with Crippen molar-refractivity contribution in [2.24, 2.45) is 7.05 Å². The lowest BCUT2D eigenvalue weighted by Crippen LogP contribution is -2.53. The van der Waals surface area contributed by atoms with E-state index in [1.807, 2.05) is 29.3 Å². The van der Waals surface area contributed by atoms with Crippen molar-refractivity contribution in [3.8, 4) is 0 Å². The van der Waals surface area contributed by atoms with Gasteiger partial charge in [0, 0.05) is 50.4 Å². The number of aryl methyl sites for hydroxylation is 1. The topological polar surface area (TPSA) is 66.4 Å². The third-order valence-corrected chi connectivity index (χ3v) is 6.76. The van der Waals surface area contributed by atoms with Gasteiger partial charge in [-0.3, -0.25) is 4.79 Å². The van der Waals surface area contributed by atoms with E-state index in [4.69, 9.17) is 0 Å². The Labute approximate surface area is 188 Å². The summed E-state index contributed by atoms with van der Waals surface area (Å²) in [6.45, 7) is 2.20. The molecule has 32 heavy (non-hydrogen) atoms. The average molecular weight is 431 g/mol. The highest BCUT2D eigenvalue weighted by Crippen LogP contribution is 2.30. The Morgan fingerprint density at radius 2 is 1.91 bits per heavy atom. The summed E-state index contributed by atoms with van der Waals surface area (Å²) in [4.78, 5) is 27.5. The monoisotopic (exact) mass is 430 g/mol. The van der Waals surface area contributed by atoms with Gasteiger partial charge in [-0.2, -0.15) is 0 Å². The molecule has 2 N–H and O–H groups in total. The summed E-state index contributed by atoms with van der Waals surface area (Å²) in [6, 6.07) is 18.7. The molecule has 1 aromatic heterocycles. The summed E-state index contributed by atoms with van der Waals surface area (Å²) in [5, 5.41) is 9.11. The number of hydrogen-bond donors (Lipinski definition) is 2. The highest BCUT2D eigenvalue weighted by Gasteiger charge is 2.35. The normalized spacial score (nSPS) is 20.8. The van der Waals surface area contributed by atoms with Crippen molar-refractivity contribution < 1.29 is 4.79 Å². The molecule has 0 radical (unpaired) electrons. The number of pyridine rings is 1. The minimum atomic E-state index is -0.0405. The zero-order valence-corrected chi connectivity index (χ0v) is 18.5. The van der Waals surface area contributed by atoms with Crippen molar-refractivity contribution in [1.82, 2.24) is 20.1 Å². The molecule has 2 amide bonds. The van der Waals surface area contributed by atoms with Crippen LogP contribution in [0.25, 0.3) is 10.8 Å². The van der Waals surface area contributed by atoms with Crippen molar-refractivity contribution in [1.29, 1.82) is 0 Å². The lowest BCUT2D eigenvalue weighted by atomic mass is 9.86. The maximum atomic E-state index is 13.4. The minimum absolute atomic E-state index is 0.0109. The van der Waals surface area contributed by atoms with E-state index in [1.165, 1.54) is 10.8 Å². The van der Waals surface area contributed by atoms with Gasteiger partial charge in [0.2, 0.25) is 0 Å². The quantitative estimate of drug-likeness (QED) is 0.652. The smallest absolute Gasteiger partial charge is 0.318 e. The molecular weight excluding hydrogens is 400 g/mol. The molecule has 0 unspecified atom stereocenters. The molecule has 2 fully saturated rings. The van der Waals surface area contributed by atoms with Crippen LogP contribution in [0.15, 0.2) is 65.6 Å². The van der Waals surface area contributed by atoms with Crippen LogP contribution < -0.4 is 16.2 Å². The molecule has 2 atom stereocenters. The number of rotatable bonds is 5. The molecule has 1 aliphatic carbocycles. The molecule has 2 heterocycles. The number of urea groups is 1. The van der Waals surface area contributed by atoms with Gasteiger partial charge in [-0.05, 0) is 59.8 Å². The van der Waals surface area contributed by atoms with Crippen LogP contribution in [0.4, 0.5) is 4.79 Å². The van der Waals surface area contributed by atoms with Crippen molar-refractivity contribution in [3.63, 3.8) is 0 Å². The first-order valence-electron chi connectivity index (χ1n) is 11.5.